The van der Waals surface area contributed by atoms with Gasteiger partial charge >= 0.3 is 5.97 Å². The summed E-state index contributed by atoms with van der Waals surface area (Å²) in [5, 5.41) is 13.2. The molecule has 2 rings (SSSR count). The molecule has 1 aromatic heterocycles. The van der Waals surface area contributed by atoms with E-state index in [1.54, 1.807) is 0 Å². The molecule has 6 heteroatoms. The normalized spacial score (nSPS) is 11.5. The highest BCUT2D eigenvalue weighted by atomic mass is 16.4. The second-order valence-corrected chi connectivity index (χ2v) is 3.35. The van der Waals surface area contributed by atoms with Gasteiger partial charge in [-0.15, -0.1) is 0 Å². The SMILES string of the molecule is C/C(=N/Nc1ncnc2ccccc12)C(=O)O. The van der Waals surface area contributed by atoms with Crippen molar-refractivity contribution >= 4 is 28.4 Å². The summed E-state index contributed by atoms with van der Waals surface area (Å²) >= 11 is 0. The number of rotatable bonds is 3. The maximum Gasteiger partial charge on any atom is 0.351 e. The molecule has 0 aliphatic carbocycles. The monoisotopic (exact) mass is 230 g/mol. The van der Waals surface area contributed by atoms with Gasteiger partial charge in [-0.1, -0.05) is 12.1 Å². The lowest BCUT2D eigenvalue weighted by molar-refractivity contribution is -0.129. The van der Waals surface area contributed by atoms with E-state index in [9.17, 15) is 4.79 Å². The number of aliphatic carboxylic acids is 1. The lowest BCUT2D eigenvalue weighted by Crippen LogP contribution is -2.10. The fourth-order valence-corrected chi connectivity index (χ4v) is 1.28. The van der Waals surface area contributed by atoms with Crippen LogP contribution in [0.5, 0.6) is 0 Å². The average molecular weight is 230 g/mol. The topological polar surface area (TPSA) is 87.5 Å². The Morgan fingerprint density at radius 2 is 2.12 bits per heavy atom. The Labute approximate surface area is 97.0 Å². The molecular formula is C11H10N4O2. The van der Waals surface area contributed by atoms with Crippen molar-refractivity contribution in [1.29, 1.82) is 0 Å². The molecule has 0 aliphatic heterocycles. The zero-order valence-corrected chi connectivity index (χ0v) is 9.08. The highest BCUT2D eigenvalue weighted by molar-refractivity contribution is 6.34. The van der Waals surface area contributed by atoms with Crippen LogP contribution in [-0.2, 0) is 4.79 Å². The first-order chi connectivity index (χ1) is 8.18. The van der Waals surface area contributed by atoms with Gasteiger partial charge in [0.25, 0.3) is 0 Å². The van der Waals surface area contributed by atoms with Gasteiger partial charge in [0.1, 0.15) is 12.0 Å². The third-order valence-electron chi connectivity index (χ3n) is 2.18. The van der Waals surface area contributed by atoms with Gasteiger partial charge in [0.05, 0.1) is 5.52 Å². The zero-order valence-electron chi connectivity index (χ0n) is 9.08. The number of hydrazone groups is 1. The van der Waals surface area contributed by atoms with Crippen molar-refractivity contribution in [3.05, 3.63) is 30.6 Å². The minimum atomic E-state index is -1.07. The highest BCUT2D eigenvalue weighted by Crippen LogP contribution is 2.17. The van der Waals surface area contributed by atoms with E-state index >= 15 is 0 Å². The van der Waals surface area contributed by atoms with Gasteiger partial charge < -0.3 is 5.11 Å². The van der Waals surface area contributed by atoms with Crippen molar-refractivity contribution in [2.75, 3.05) is 5.43 Å². The molecule has 1 aromatic carbocycles. The maximum absolute atomic E-state index is 10.6. The number of hydrogen-bond donors (Lipinski definition) is 2. The number of carbonyl (C=O) groups is 1. The van der Waals surface area contributed by atoms with Crippen molar-refractivity contribution in [2.45, 2.75) is 6.92 Å². The van der Waals surface area contributed by atoms with Crippen molar-refractivity contribution in [2.24, 2.45) is 5.10 Å². The Morgan fingerprint density at radius 3 is 2.88 bits per heavy atom. The van der Waals surface area contributed by atoms with Crippen LogP contribution in [-0.4, -0.2) is 26.8 Å². The summed E-state index contributed by atoms with van der Waals surface area (Å²) in [6, 6.07) is 7.40. The van der Waals surface area contributed by atoms with Crippen LogP contribution >= 0.6 is 0 Å². The highest BCUT2D eigenvalue weighted by Gasteiger charge is 2.04. The summed E-state index contributed by atoms with van der Waals surface area (Å²) < 4.78 is 0. The molecule has 0 fully saturated rings. The Morgan fingerprint density at radius 1 is 1.35 bits per heavy atom. The van der Waals surface area contributed by atoms with Crippen LogP contribution in [0, 0.1) is 0 Å². The number of para-hydroxylation sites is 1. The second-order valence-electron chi connectivity index (χ2n) is 3.35. The van der Waals surface area contributed by atoms with Crippen molar-refractivity contribution in [3.8, 4) is 0 Å². The predicted molar refractivity (Wildman–Crippen MR) is 63.9 cm³/mol. The molecule has 0 amide bonds. The van der Waals surface area contributed by atoms with Crippen LogP contribution in [0.25, 0.3) is 10.9 Å². The average Bonchev–Trinajstić information content (AvgIpc) is 2.35. The molecule has 17 heavy (non-hydrogen) atoms. The first-order valence-corrected chi connectivity index (χ1v) is 4.92. The van der Waals surface area contributed by atoms with Crippen LogP contribution in [0.3, 0.4) is 0 Å². The van der Waals surface area contributed by atoms with Gasteiger partial charge in [-0.05, 0) is 19.1 Å². The maximum atomic E-state index is 10.6. The molecule has 1 heterocycles. The molecule has 0 atom stereocenters. The summed E-state index contributed by atoms with van der Waals surface area (Å²) in [6.07, 6.45) is 1.40. The van der Waals surface area contributed by atoms with E-state index in [1.165, 1.54) is 13.3 Å². The van der Waals surface area contributed by atoms with Gasteiger partial charge in [0.2, 0.25) is 0 Å². The van der Waals surface area contributed by atoms with Gasteiger partial charge in [0.15, 0.2) is 5.82 Å². The van der Waals surface area contributed by atoms with Crippen LogP contribution < -0.4 is 5.43 Å². The molecule has 0 radical (unpaired) electrons. The van der Waals surface area contributed by atoms with E-state index in [0.29, 0.717) is 5.82 Å². The number of aromatic nitrogens is 2. The Bertz CT molecular complexity index is 590. The van der Waals surface area contributed by atoms with E-state index in [1.807, 2.05) is 24.3 Å². The third-order valence-corrected chi connectivity index (χ3v) is 2.18. The van der Waals surface area contributed by atoms with E-state index in [2.05, 4.69) is 20.5 Å². The van der Waals surface area contributed by atoms with Crippen LogP contribution in [0.15, 0.2) is 35.7 Å². The number of carboxylic acids is 1. The zero-order chi connectivity index (χ0) is 12.3. The second kappa shape index (κ2) is 4.56. The first kappa shape index (κ1) is 11.0. The number of anilines is 1. The van der Waals surface area contributed by atoms with Gasteiger partial charge in [-0.3, -0.25) is 5.43 Å². The molecule has 86 valence electrons. The predicted octanol–water partition coefficient (Wildman–Crippen LogP) is 1.50. The molecular weight excluding hydrogens is 220 g/mol. The number of benzene rings is 1. The van der Waals surface area contributed by atoms with E-state index in [-0.39, 0.29) is 5.71 Å². The fraction of sp³-hybridized carbons (Fsp3) is 0.0909. The lowest BCUT2D eigenvalue weighted by Gasteiger charge is -2.03. The number of hydrogen-bond acceptors (Lipinski definition) is 5. The Balaban J connectivity index is 2.37. The standard InChI is InChI=1S/C11H10N4O2/c1-7(11(16)17)14-15-10-8-4-2-3-5-9(8)12-6-13-10/h2-6H,1H3,(H,16,17)(H,12,13,15)/b14-7-. The van der Waals surface area contributed by atoms with Crippen LogP contribution in [0.4, 0.5) is 5.82 Å². The largest absolute Gasteiger partial charge is 0.477 e. The quantitative estimate of drug-likeness (QED) is 0.616. The van der Waals surface area contributed by atoms with Gasteiger partial charge in [-0.2, -0.15) is 5.10 Å². The van der Waals surface area contributed by atoms with Crippen LogP contribution in [0.2, 0.25) is 0 Å². The smallest absolute Gasteiger partial charge is 0.351 e. The number of carboxylic acid groups (broad SMARTS) is 1. The van der Waals surface area contributed by atoms with Crippen molar-refractivity contribution in [3.63, 3.8) is 0 Å². The lowest BCUT2D eigenvalue weighted by atomic mass is 10.2. The number of fused-ring (bicyclic) bond motifs is 1. The van der Waals surface area contributed by atoms with E-state index < -0.39 is 5.97 Å². The van der Waals surface area contributed by atoms with Gasteiger partial charge in [-0.25, -0.2) is 14.8 Å². The van der Waals surface area contributed by atoms with E-state index in [4.69, 9.17) is 5.11 Å². The molecule has 0 saturated carbocycles. The van der Waals surface area contributed by atoms with Crippen molar-refractivity contribution < 1.29 is 9.90 Å². The first-order valence-electron chi connectivity index (χ1n) is 4.92. The molecule has 2 aromatic rings. The Hall–Kier alpha value is -2.50. The summed E-state index contributed by atoms with van der Waals surface area (Å²) in [6.45, 7) is 1.40. The minimum Gasteiger partial charge on any atom is -0.477 e. The fourth-order valence-electron chi connectivity index (χ4n) is 1.28. The summed E-state index contributed by atoms with van der Waals surface area (Å²) in [5.74, 6) is -0.591. The molecule has 0 unspecified atom stereocenters. The van der Waals surface area contributed by atoms with Crippen molar-refractivity contribution in [1.82, 2.24) is 9.97 Å². The molecule has 0 saturated heterocycles. The number of nitrogens with one attached hydrogen (secondary N) is 1. The molecule has 6 nitrogen and oxygen atoms in total. The third kappa shape index (κ3) is 2.36. The summed E-state index contributed by atoms with van der Waals surface area (Å²) in [7, 11) is 0. The molecule has 2 N–H and O–H groups in total. The summed E-state index contributed by atoms with van der Waals surface area (Å²) in [4.78, 5) is 18.7. The molecule has 0 bridgehead atoms. The Kier molecular flexibility index (Phi) is 2.95. The molecule has 0 spiro atoms. The van der Waals surface area contributed by atoms with E-state index in [0.717, 1.165) is 10.9 Å². The van der Waals surface area contributed by atoms with Crippen LogP contribution in [0.1, 0.15) is 6.92 Å². The summed E-state index contributed by atoms with van der Waals surface area (Å²) in [5.41, 5.74) is 3.36. The van der Waals surface area contributed by atoms with Gasteiger partial charge in [0, 0.05) is 5.39 Å². The molecule has 0 aliphatic rings. The number of nitrogens with zero attached hydrogens (tertiary/aromatic N) is 3. The minimum absolute atomic E-state index is 0.0345.